The van der Waals surface area contributed by atoms with Crippen LogP contribution in [0.2, 0.25) is 0 Å². The maximum Gasteiger partial charge on any atom is 0.244 e. The largest absolute Gasteiger partial charge is 0.377 e. The molecule has 94 valence electrons. The summed E-state index contributed by atoms with van der Waals surface area (Å²) in [7, 11) is 0. The highest BCUT2D eigenvalue weighted by atomic mass is 32.2. The third kappa shape index (κ3) is 1.74. The van der Waals surface area contributed by atoms with Crippen LogP contribution in [0.4, 0.5) is 0 Å². The molecule has 3 rings (SSSR count). The first kappa shape index (κ1) is 11.3. The summed E-state index contributed by atoms with van der Waals surface area (Å²) in [6.07, 6.45) is 1.42. The minimum atomic E-state index is -0.291. The fourth-order valence-electron chi connectivity index (χ4n) is 2.63. The average molecular weight is 256 g/mol. The van der Waals surface area contributed by atoms with Gasteiger partial charge in [-0.1, -0.05) is 0 Å². The summed E-state index contributed by atoms with van der Waals surface area (Å²) in [6, 6.07) is -0.155. The van der Waals surface area contributed by atoms with Gasteiger partial charge in [0, 0.05) is 12.2 Å². The van der Waals surface area contributed by atoms with Crippen molar-refractivity contribution in [3.05, 3.63) is 0 Å². The van der Waals surface area contributed by atoms with E-state index in [2.05, 4.69) is 12.2 Å². The summed E-state index contributed by atoms with van der Waals surface area (Å²) in [4.78, 5) is 25.6. The van der Waals surface area contributed by atoms with E-state index in [1.165, 1.54) is 0 Å². The van der Waals surface area contributed by atoms with Gasteiger partial charge in [0.25, 0.3) is 0 Å². The molecule has 0 radical (unpaired) electrons. The van der Waals surface area contributed by atoms with Gasteiger partial charge in [0.15, 0.2) is 0 Å². The highest BCUT2D eigenvalue weighted by molar-refractivity contribution is 8.01. The second kappa shape index (κ2) is 3.88. The van der Waals surface area contributed by atoms with E-state index in [-0.39, 0.29) is 28.8 Å². The molecule has 0 saturated carbocycles. The maximum absolute atomic E-state index is 12.1. The van der Waals surface area contributed by atoms with Gasteiger partial charge in [-0.15, -0.1) is 11.8 Å². The predicted molar refractivity (Wildman–Crippen MR) is 63.5 cm³/mol. The van der Waals surface area contributed by atoms with Gasteiger partial charge in [-0.25, -0.2) is 0 Å². The van der Waals surface area contributed by atoms with Crippen LogP contribution in [0.25, 0.3) is 0 Å². The van der Waals surface area contributed by atoms with E-state index < -0.39 is 0 Å². The molecule has 0 spiro atoms. The summed E-state index contributed by atoms with van der Waals surface area (Å²) < 4.78 is 5.03. The molecule has 0 aromatic heterocycles. The van der Waals surface area contributed by atoms with Crippen LogP contribution in [-0.4, -0.2) is 52.6 Å². The van der Waals surface area contributed by atoms with Gasteiger partial charge in [0.05, 0.1) is 24.1 Å². The number of carbonyl (C=O) groups excluding carboxylic acids is 2. The van der Waals surface area contributed by atoms with Crippen molar-refractivity contribution in [1.82, 2.24) is 10.2 Å². The Hall–Kier alpha value is -0.750. The lowest BCUT2D eigenvalue weighted by molar-refractivity contribution is -0.139. The first-order chi connectivity index (χ1) is 8.10. The second-order valence-corrected chi connectivity index (χ2v) is 6.51. The van der Waals surface area contributed by atoms with E-state index in [1.54, 1.807) is 16.7 Å². The van der Waals surface area contributed by atoms with Crippen LogP contribution in [-0.2, 0) is 14.3 Å². The molecule has 3 heterocycles. The highest BCUT2D eigenvalue weighted by Crippen LogP contribution is 2.47. The van der Waals surface area contributed by atoms with E-state index in [0.29, 0.717) is 25.4 Å². The summed E-state index contributed by atoms with van der Waals surface area (Å²) in [5.74, 6) is 0.800. The molecule has 3 fully saturated rings. The summed E-state index contributed by atoms with van der Waals surface area (Å²) in [5.41, 5.74) is 0. The van der Waals surface area contributed by atoms with Crippen LogP contribution in [0.3, 0.4) is 0 Å². The summed E-state index contributed by atoms with van der Waals surface area (Å²) in [5, 5.41) is 2.94. The molecule has 2 unspecified atom stereocenters. The number of amides is 2. The van der Waals surface area contributed by atoms with E-state index >= 15 is 0 Å². The zero-order valence-electron chi connectivity index (χ0n) is 9.77. The molecule has 2 amide bonds. The Bertz CT molecular complexity index is 372. The number of hydrogen-bond acceptors (Lipinski definition) is 4. The standard InChI is InChI=1S/C11H16N2O3S/c1-11-3-2-9(14)13(11)8(6-17-11)10(15)12-7-4-16-5-7/h7-8H,2-6H2,1H3,(H,12,15). The van der Waals surface area contributed by atoms with Crippen molar-refractivity contribution in [3.63, 3.8) is 0 Å². The van der Waals surface area contributed by atoms with Gasteiger partial charge in [-0.3, -0.25) is 9.59 Å². The van der Waals surface area contributed by atoms with Crippen molar-refractivity contribution in [2.75, 3.05) is 19.0 Å². The van der Waals surface area contributed by atoms with Crippen molar-refractivity contribution < 1.29 is 14.3 Å². The molecule has 2 atom stereocenters. The molecule has 3 aliphatic rings. The lowest BCUT2D eigenvalue weighted by Crippen LogP contribution is -2.56. The lowest BCUT2D eigenvalue weighted by Gasteiger charge is -2.32. The van der Waals surface area contributed by atoms with Crippen LogP contribution < -0.4 is 5.32 Å². The SMILES string of the molecule is CC12CCC(=O)N1C(C(=O)NC1COC1)CS2. The smallest absolute Gasteiger partial charge is 0.244 e. The van der Waals surface area contributed by atoms with Crippen molar-refractivity contribution >= 4 is 23.6 Å². The quantitative estimate of drug-likeness (QED) is 0.753. The Kier molecular flexibility index (Phi) is 2.59. The van der Waals surface area contributed by atoms with Crippen LogP contribution in [0, 0.1) is 0 Å². The Morgan fingerprint density at radius 3 is 3.00 bits per heavy atom. The predicted octanol–water partition coefficient (Wildman–Crippen LogP) is -0.0446. The average Bonchev–Trinajstić information content (AvgIpc) is 2.71. The van der Waals surface area contributed by atoms with Crippen LogP contribution >= 0.6 is 11.8 Å². The minimum Gasteiger partial charge on any atom is -0.377 e. The molecule has 1 N–H and O–H groups in total. The van der Waals surface area contributed by atoms with E-state index in [1.807, 2.05) is 0 Å². The van der Waals surface area contributed by atoms with Crippen LogP contribution in [0.15, 0.2) is 0 Å². The Morgan fingerprint density at radius 1 is 1.59 bits per heavy atom. The molecule has 17 heavy (non-hydrogen) atoms. The van der Waals surface area contributed by atoms with Crippen LogP contribution in [0.5, 0.6) is 0 Å². The number of fused-ring (bicyclic) bond motifs is 1. The lowest BCUT2D eigenvalue weighted by atomic mass is 10.2. The number of ether oxygens (including phenoxy) is 1. The monoisotopic (exact) mass is 256 g/mol. The number of nitrogens with zero attached hydrogens (tertiary/aromatic N) is 1. The normalized spacial score (nSPS) is 36.9. The maximum atomic E-state index is 12.1. The fraction of sp³-hybridized carbons (Fsp3) is 0.818. The molecular weight excluding hydrogens is 240 g/mol. The number of rotatable bonds is 2. The van der Waals surface area contributed by atoms with Crippen molar-refractivity contribution in [2.24, 2.45) is 0 Å². The van der Waals surface area contributed by atoms with Gasteiger partial charge < -0.3 is 15.0 Å². The molecule has 0 aliphatic carbocycles. The first-order valence-electron chi connectivity index (χ1n) is 5.94. The van der Waals surface area contributed by atoms with Gasteiger partial charge >= 0.3 is 0 Å². The molecule has 3 aliphatic heterocycles. The Labute approximate surface area is 104 Å². The van der Waals surface area contributed by atoms with E-state index in [9.17, 15) is 9.59 Å². The number of carbonyl (C=O) groups is 2. The van der Waals surface area contributed by atoms with Gasteiger partial charge in [0.2, 0.25) is 11.8 Å². The molecule has 3 saturated heterocycles. The zero-order chi connectivity index (χ0) is 12.0. The molecule has 0 aromatic carbocycles. The molecule has 0 aromatic rings. The third-order valence-electron chi connectivity index (χ3n) is 3.73. The number of nitrogens with one attached hydrogen (secondary N) is 1. The Balaban J connectivity index is 1.71. The number of hydrogen-bond donors (Lipinski definition) is 1. The minimum absolute atomic E-state index is 0.0234. The van der Waals surface area contributed by atoms with Crippen molar-refractivity contribution in [3.8, 4) is 0 Å². The molecule has 6 heteroatoms. The fourth-order valence-corrected chi connectivity index (χ4v) is 4.06. The zero-order valence-corrected chi connectivity index (χ0v) is 10.6. The second-order valence-electron chi connectivity index (χ2n) is 5.01. The van der Waals surface area contributed by atoms with Gasteiger partial charge in [-0.05, 0) is 13.3 Å². The van der Waals surface area contributed by atoms with Crippen LogP contribution in [0.1, 0.15) is 19.8 Å². The summed E-state index contributed by atoms with van der Waals surface area (Å²) >= 11 is 1.72. The first-order valence-corrected chi connectivity index (χ1v) is 6.93. The third-order valence-corrected chi connectivity index (χ3v) is 5.24. The van der Waals surface area contributed by atoms with E-state index in [4.69, 9.17) is 4.74 Å². The van der Waals surface area contributed by atoms with Gasteiger partial charge in [0.1, 0.15) is 6.04 Å². The van der Waals surface area contributed by atoms with E-state index in [0.717, 1.165) is 6.42 Å². The Morgan fingerprint density at radius 2 is 2.35 bits per heavy atom. The van der Waals surface area contributed by atoms with Crippen molar-refractivity contribution in [1.29, 1.82) is 0 Å². The molecule has 5 nitrogen and oxygen atoms in total. The topological polar surface area (TPSA) is 58.6 Å². The molecular formula is C11H16N2O3S. The number of thioether (sulfide) groups is 1. The van der Waals surface area contributed by atoms with Crippen molar-refractivity contribution in [2.45, 2.75) is 36.7 Å². The summed E-state index contributed by atoms with van der Waals surface area (Å²) in [6.45, 7) is 3.25. The molecule has 0 bridgehead atoms. The van der Waals surface area contributed by atoms with Gasteiger partial charge in [-0.2, -0.15) is 0 Å². The highest BCUT2D eigenvalue weighted by Gasteiger charge is 2.53.